The Morgan fingerprint density at radius 3 is 2.34 bits per heavy atom. The molecule has 0 N–H and O–H groups in total. The molecule has 2 atom stereocenters. The molecule has 0 aromatic heterocycles. The second kappa shape index (κ2) is 9.32. The van der Waals surface area contributed by atoms with Crippen molar-refractivity contribution in [1.82, 2.24) is 4.90 Å². The number of hydrogen-bond acceptors (Lipinski definition) is 6. The molecule has 0 aliphatic carbocycles. The summed E-state index contributed by atoms with van der Waals surface area (Å²) in [6.45, 7) is 2.78. The molecule has 29 heavy (non-hydrogen) atoms. The lowest BCUT2D eigenvalue weighted by Crippen LogP contribution is -2.46. The Labute approximate surface area is 169 Å². The van der Waals surface area contributed by atoms with Crippen LogP contribution in [0.3, 0.4) is 0 Å². The number of nitroso groups, excluding NO2 is 1. The molecule has 2 aromatic rings. The molecule has 2 aromatic carbocycles. The van der Waals surface area contributed by atoms with Crippen molar-refractivity contribution >= 4 is 17.7 Å². The molecule has 1 fully saturated rings. The Morgan fingerprint density at radius 1 is 1.07 bits per heavy atom. The lowest BCUT2D eigenvalue weighted by atomic mass is 9.84. The van der Waals surface area contributed by atoms with Crippen LogP contribution in [0.1, 0.15) is 30.4 Å². The van der Waals surface area contributed by atoms with E-state index in [1.807, 2.05) is 0 Å². The molecule has 7 heteroatoms. The van der Waals surface area contributed by atoms with Crippen LogP contribution >= 0.6 is 0 Å². The number of carbonyl (C=O) groups is 2. The summed E-state index contributed by atoms with van der Waals surface area (Å²) in [6.07, 6.45) is 1.02. The van der Waals surface area contributed by atoms with Gasteiger partial charge in [-0.1, -0.05) is 31.2 Å². The van der Waals surface area contributed by atoms with Crippen molar-refractivity contribution < 1.29 is 19.1 Å². The number of piperidine rings is 1. The van der Waals surface area contributed by atoms with Crippen LogP contribution in [0.15, 0.2) is 53.7 Å². The number of rotatable bonds is 5. The summed E-state index contributed by atoms with van der Waals surface area (Å²) in [4.78, 5) is 37.0. The Hall–Kier alpha value is -3.22. The van der Waals surface area contributed by atoms with E-state index in [4.69, 9.17) is 9.47 Å². The third-order valence-electron chi connectivity index (χ3n) is 5.25. The van der Waals surface area contributed by atoms with Crippen molar-refractivity contribution in [2.75, 3.05) is 20.2 Å². The molecule has 7 nitrogen and oxygen atoms in total. The van der Waals surface area contributed by atoms with E-state index in [2.05, 4.69) is 36.4 Å². The van der Waals surface area contributed by atoms with Gasteiger partial charge in [0.15, 0.2) is 0 Å². The molecule has 152 valence electrons. The average Bonchev–Trinajstić information content (AvgIpc) is 2.78. The van der Waals surface area contributed by atoms with E-state index in [0.717, 1.165) is 12.0 Å². The first kappa shape index (κ1) is 20.5. The van der Waals surface area contributed by atoms with Crippen LogP contribution < -0.4 is 4.74 Å². The van der Waals surface area contributed by atoms with E-state index in [1.165, 1.54) is 41.8 Å². The van der Waals surface area contributed by atoms with Crippen molar-refractivity contribution in [2.24, 2.45) is 11.1 Å². The first-order valence-electron chi connectivity index (χ1n) is 9.60. The third-order valence-corrected chi connectivity index (χ3v) is 5.25. The monoisotopic (exact) mass is 396 g/mol. The molecule has 0 radical (unpaired) electrons. The van der Waals surface area contributed by atoms with Crippen LogP contribution in [-0.2, 0) is 16.0 Å². The normalized spacial score (nSPS) is 18.8. The first-order valence-corrected chi connectivity index (χ1v) is 9.60. The zero-order chi connectivity index (χ0) is 20.8. The molecule has 2 unspecified atom stereocenters. The van der Waals surface area contributed by atoms with E-state index < -0.39 is 12.0 Å². The summed E-state index contributed by atoms with van der Waals surface area (Å²) in [5, 5.41) is 2.82. The zero-order valence-corrected chi connectivity index (χ0v) is 16.5. The smallest absolute Gasteiger partial charge is 0.415 e. The molecule has 0 bridgehead atoms. The van der Waals surface area contributed by atoms with E-state index in [9.17, 15) is 14.5 Å². The molecule has 0 spiro atoms. The maximum Gasteiger partial charge on any atom is 0.415 e. The highest BCUT2D eigenvalue weighted by molar-refractivity contribution is 5.76. The molecule has 0 saturated carbocycles. The van der Waals surface area contributed by atoms with Crippen LogP contribution in [0.2, 0.25) is 0 Å². The fourth-order valence-electron chi connectivity index (χ4n) is 3.59. The second-order valence-electron chi connectivity index (χ2n) is 7.11. The number of methoxy groups -OCH3 is 1. The number of carbonyl (C=O) groups excluding carboxylic acids is 2. The molecule has 1 heterocycles. The quantitative estimate of drug-likeness (QED) is 0.551. The predicted octanol–water partition coefficient (Wildman–Crippen LogP) is 4.42. The van der Waals surface area contributed by atoms with E-state index in [-0.39, 0.29) is 24.1 Å². The Morgan fingerprint density at radius 2 is 1.76 bits per heavy atom. The van der Waals surface area contributed by atoms with E-state index >= 15 is 0 Å². The van der Waals surface area contributed by atoms with Gasteiger partial charge in [0.1, 0.15) is 11.4 Å². The average molecular weight is 396 g/mol. The molecular weight excluding hydrogens is 372 g/mol. The first-order chi connectivity index (χ1) is 14.0. The largest absolute Gasteiger partial charge is 0.469 e. The summed E-state index contributed by atoms with van der Waals surface area (Å²) < 4.78 is 10.4. The highest BCUT2D eigenvalue weighted by atomic mass is 16.6. The van der Waals surface area contributed by atoms with E-state index in [1.54, 1.807) is 0 Å². The van der Waals surface area contributed by atoms with E-state index in [0.29, 0.717) is 18.7 Å². The summed E-state index contributed by atoms with van der Waals surface area (Å²) in [7, 11) is 1.35. The van der Waals surface area contributed by atoms with Crippen LogP contribution in [0, 0.1) is 10.8 Å². The summed E-state index contributed by atoms with van der Waals surface area (Å²) in [5.74, 6) is -0.433. The third kappa shape index (κ3) is 4.99. The van der Waals surface area contributed by atoms with Crippen molar-refractivity contribution in [3.63, 3.8) is 0 Å². The number of nitrogens with zero attached hydrogens (tertiary/aromatic N) is 2. The van der Waals surface area contributed by atoms with Crippen molar-refractivity contribution in [2.45, 2.75) is 25.7 Å². The maximum absolute atomic E-state index is 12.7. The minimum Gasteiger partial charge on any atom is -0.469 e. The molecule has 1 aliphatic rings. The van der Waals surface area contributed by atoms with Crippen LogP contribution in [0.5, 0.6) is 5.75 Å². The zero-order valence-electron chi connectivity index (χ0n) is 16.5. The van der Waals surface area contributed by atoms with Gasteiger partial charge in [0.25, 0.3) is 0 Å². The van der Waals surface area contributed by atoms with Gasteiger partial charge in [-0.05, 0) is 53.4 Å². The number of ether oxygens (including phenoxy) is 2. The molecule has 3 rings (SSSR count). The summed E-state index contributed by atoms with van der Waals surface area (Å²) in [6, 6.07) is 14.2. The highest BCUT2D eigenvalue weighted by Crippen LogP contribution is 2.32. The van der Waals surface area contributed by atoms with Gasteiger partial charge >= 0.3 is 12.1 Å². The molecule has 1 aliphatic heterocycles. The number of hydrogen-bond donors (Lipinski definition) is 0. The Balaban J connectivity index is 1.76. The standard InChI is InChI=1S/C22H24N2O5/c1-3-15-4-6-16(7-5-15)17-12-18(21(25)28-2)14-24(13-17)22(26)29-20-10-8-19(23-27)9-11-20/h4-11,17-18H,3,12-14H2,1-2H3. The van der Waals surface area contributed by atoms with Crippen LogP contribution in [0.25, 0.3) is 0 Å². The van der Waals surface area contributed by atoms with Crippen molar-refractivity contribution in [3.05, 3.63) is 64.6 Å². The van der Waals surface area contributed by atoms with Crippen LogP contribution in [0.4, 0.5) is 10.5 Å². The molecule has 1 amide bonds. The van der Waals surface area contributed by atoms with Gasteiger partial charge in [-0.25, -0.2) is 4.79 Å². The van der Waals surface area contributed by atoms with Gasteiger partial charge in [-0.3, -0.25) is 4.79 Å². The van der Waals surface area contributed by atoms with Gasteiger partial charge < -0.3 is 14.4 Å². The Kier molecular flexibility index (Phi) is 6.59. The van der Waals surface area contributed by atoms with Gasteiger partial charge in [0, 0.05) is 19.0 Å². The number of aryl methyl sites for hydroxylation is 1. The maximum atomic E-state index is 12.7. The van der Waals surface area contributed by atoms with Gasteiger partial charge in [-0.2, -0.15) is 0 Å². The highest BCUT2D eigenvalue weighted by Gasteiger charge is 2.36. The molecule has 1 saturated heterocycles. The number of benzene rings is 2. The van der Waals surface area contributed by atoms with Gasteiger partial charge in [-0.15, -0.1) is 4.91 Å². The van der Waals surface area contributed by atoms with Crippen LogP contribution in [-0.4, -0.2) is 37.2 Å². The topological polar surface area (TPSA) is 85.3 Å². The fraction of sp³-hybridized carbons (Fsp3) is 0.364. The van der Waals surface area contributed by atoms with Crippen molar-refractivity contribution in [3.8, 4) is 5.75 Å². The SMILES string of the molecule is CCc1ccc(C2CC(C(=O)OC)CN(C(=O)Oc3ccc(N=O)cc3)C2)cc1. The summed E-state index contributed by atoms with van der Waals surface area (Å²) in [5.41, 5.74) is 2.57. The minimum absolute atomic E-state index is 0.00736. The van der Waals surface area contributed by atoms with Crippen molar-refractivity contribution in [1.29, 1.82) is 0 Å². The number of likely N-dealkylation sites (tertiary alicyclic amines) is 1. The number of esters is 1. The van der Waals surface area contributed by atoms with Gasteiger partial charge in [0.05, 0.1) is 13.0 Å². The predicted molar refractivity (Wildman–Crippen MR) is 108 cm³/mol. The van der Waals surface area contributed by atoms with Gasteiger partial charge in [0.2, 0.25) is 0 Å². The second-order valence-corrected chi connectivity index (χ2v) is 7.11. The lowest BCUT2D eigenvalue weighted by Gasteiger charge is -2.36. The Bertz CT molecular complexity index is 864. The number of amides is 1. The minimum atomic E-state index is -0.541. The fourth-order valence-corrected chi connectivity index (χ4v) is 3.59. The summed E-state index contributed by atoms with van der Waals surface area (Å²) >= 11 is 0. The molecular formula is C22H24N2O5. The lowest BCUT2D eigenvalue weighted by molar-refractivity contribution is -0.147.